The van der Waals surface area contributed by atoms with Gasteiger partial charge in [-0.25, -0.2) is 4.39 Å². The average molecular weight is 247 g/mol. The maximum Gasteiger partial charge on any atom is 0.151 e. The average Bonchev–Trinajstić information content (AvgIpc) is 2.15. The summed E-state index contributed by atoms with van der Waals surface area (Å²) in [6, 6.07) is 1.50. The maximum atomic E-state index is 13.3. The Labute approximate surface area is 83.8 Å². The molecule has 0 heterocycles. The molecule has 0 bridgehead atoms. The number of hydrogen-bond acceptors (Lipinski definition) is 2. The lowest BCUT2D eigenvalue weighted by molar-refractivity contribution is 0.112. The second-order valence-electron chi connectivity index (χ2n) is 2.54. The number of benzene rings is 1. The van der Waals surface area contributed by atoms with Gasteiger partial charge in [0.1, 0.15) is 11.6 Å². The summed E-state index contributed by atoms with van der Waals surface area (Å²) in [4.78, 5) is 10.5. The zero-order valence-corrected chi connectivity index (χ0v) is 8.81. The van der Waals surface area contributed by atoms with Gasteiger partial charge in [0.05, 0.1) is 11.6 Å². The Morgan fingerprint density at radius 2 is 2.23 bits per heavy atom. The zero-order valence-electron chi connectivity index (χ0n) is 7.23. The van der Waals surface area contributed by atoms with Gasteiger partial charge in [-0.3, -0.25) is 4.79 Å². The Hall–Kier alpha value is -0.900. The van der Waals surface area contributed by atoms with Crippen molar-refractivity contribution in [3.05, 3.63) is 27.5 Å². The molecule has 2 nitrogen and oxygen atoms in total. The van der Waals surface area contributed by atoms with Crippen molar-refractivity contribution >= 4 is 22.2 Å². The molecule has 70 valence electrons. The van der Waals surface area contributed by atoms with Crippen LogP contribution in [0.5, 0.6) is 5.75 Å². The highest BCUT2D eigenvalue weighted by molar-refractivity contribution is 9.10. The Bertz CT molecular complexity index is 350. The van der Waals surface area contributed by atoms with Crippen molar-refractivity contribution in [1.29, 1.82) is 0 Å². The summed E-state index contributed by atoms with van der Waals surface area (Å²) >= 11 is 2.99. The summed E-state index contributed by atoms with van der Waals surface area (Å²) in [5, 5.41) is 0. The molecule has 0 saturated heterocycles. The molecule has 0 fully saturated rings. The molecule has 1 rings (SSSR count). The predicted octanol–water partition coefficient (Wildman–Crippen LogP) is 2.72. The minimum absolute atomic E-state index is 0.181. The molecule has 0 aliphatic rings. The quantitative estimate of drug-likeness (QED) is 0.751. The number of ether oxygens (including phenoxy) is 1. The molecule has 1 aromatic rings. The monoisotopic (exact) mass is 246 g/mol. The van der Waals surface area contributed by atoms with E-state index >= 15 is 0 Å². The van der Waals surface area contributed by atoms with Crippen molar-refractivity contribution in [2.45, 2.75) is 6.92 Å². The minimum atomic E-state index is -0.457. The van der Waals surface area contributed by atoms with E-state index in [0.717, 1.165) is 0 Å². The standard InChI is InChI=1S/C9H8BrFO2/c1-5-7(13-2)3-6(4-12)8(10)9(5)11/h3-4H,1-2H3. The van der Waals surface area contributed by atoms with Crippen LogP contribution in [0, 0.1) is 12.7 Å². The van der Waals surface area contributed by atoms with Crippen molar-refractivity contribution in [2.75, 3.05) is 7.11 Å². The van der Waals surface area contributed by atoms with Crippen molar-refractivity contribution in [3.63, 3.8) is 0 Å². The molecule has 0 saturated carbocycles. The third-order valence-electron chi connectivity index (χ3n) is 1.78. The van der Waals surface area contributed by atoms with Gasteiger partial charge in [-0.05, 0) is 28.9 Å². The molecule has 4 heteroatoms. The van der Waals surface area contributed by atoms with E-state index in [1.807, 2.05) is 0 Å². The first-order chi connectivity index (χ1) is 6.11. The van der Waals surface area contributed by atoms with Crippen LogP contribution in [0.2, 0.25) is 0 Å². The van der Waals surface area contributed by atoms with Crippen LogP contribution in [0.25, 0.3) is 0 Å². The smallest absolute Gasteiger partial charge is 0.151 e. The highest BCUT2D eigenvalue weighted by Crippen LogP contribution is 2.29. The molecule has 13 heavy (non-hydrogen) atoms. The third-order valence-corrected chi connectivity index (χ3v) is 2.58. The number of carbonyl (C=O) groups is 1. The van der Waals surface area contributed by atoms with Crippen LogP contribution >= 0.6 is 15.9 Å². The highest BCUT2D eigenvalue weighted by atomic mass is 79.9. The number of rotatable bonds is 2. The van der Waals surface area contributed by atoms with Gasteiger partial charge in [-0.1, -0.05) is 0 Å². The molecule has 0 spiro atoms. The van der Waals surface area contributed by atoms with E-state index in [0.29, 0.717) is 17.6 Å². The second kappa shape index (κ2) is 3.87. The molecule has 0 aliphatic heterocycles. The normalized spacial score (nSPS) is 9.85. The van der Waals surface area contributed by atoms with Crippen molar-refractivity contribution in [2.24, 2.45) is 0 Å². The summed E-state index contributed by atoms with van der Waals surface area (Å²) in [7, 11) is 1.43. The minimum Gasteiger partial charge on any atom is -0.496 e. The first-order valence-electron chi connectivity index (χ1n) is 3.59. The van der Waals surface area contributed by atoms with Gasteiger partial charge in [-0.15, -0.1) is 0 Å². The summed E-state index contributed by atoms with van der Waals surface area (Å²) in [5.74, 6) is -0.0794. The van der Waals surface area contributed by atoms with Crippen molar-refractivity contribution in [3.8, 4) is 5.75 Å². The molecular formula is C9H8BrFO2. The van der Waals surface area contributed by atoms with E-state index in [9.17, 15) is 9.18 Å². The fourth-order valence-corrected chi connectivity index (χ4v) is 1.52. The van der Waals surface area contributed by atoms with Crippen LogP contribution in [0.1, 0.15) is 15.9 Å². The van der Waals surface area contributed by atoms with E-state index in [4.69, 9.17) is 4.74 Å². The predicted molar refractivity (Wildman–Crippen MR) is 50.8 cm³/mol. The summed E-state index contributed by atoms with van der Waals surface area (Å²) in [6.45, 7) is 1.59. The topological polar surface area (TPSA) is 26.3 Å². The number of hydrogen-bond donors (Lipinski definition) is 0. The Kier molecular flexibility index (Phi) is 3.03. The van der Waals surface area contributed by atoms with Gasteiger partial charge in [0, 0.05) is 11.1 Å². The largest absolute Gasteiger partial charge is 0.496 e. The van der Waals surface area contributed by atoms with E-state index in [1.165, 1.54) is 13.2 Å². The highest BCUT2D eigenvalue weighted by Gasteiger charge is 2.13. The lowest BCUT2D eigenvalue weighted by Crippen LogP contribution is -1.96. The molecule has 0 aliphatic carbocycles. The molecule has 0 aromatic heterocycles. The van der Waals surface area contributed by atoms with Crippen molar-refractivity contribution in [1.82, 2.24) is 0 Å². The van der Waals surface area contributed by atoms with Crippen LogP contribution in [0.15, 0.2) is 10.5 Å². The Balaban J connectivity index is 3.45. The van der Waals surface area contributed by atoms with Gasteiger partial charge in [0.25, 0.3) is 0 Å². The van der Waals surface area contributed by atoms with Gasteiger partial charge >= 0.3 is 0 Å². The summed E-state index contributed by atoms with van der Waals surface area (Å²) in [5.41, 5.74) is 0.639. The van der Waals surface area contributed by atoms with Gasteiger partial charge in [-0.2, -0.15) is 0 Å². The molecule has 0 atom stereocenters. The van der Waals surface area contributed by atoms with Crippen LogP contribution in [0.3, 0.4) is 0 Å². The summed E-state index contributed by atoms with van der Waals surface area (Å²) in [6.07, 6.45) is 0.578. The summed E-state index contributed by atoms with van der Waals surface area (Å²) < 4.78 is 18.4. The van der Waals surface area contributed by atoms with Gasteiger partial charge in [0.2, 0.25) is 0 Å². The molecule has 0 unspecified atom stereocenters. The molecular weight excluding hydrogens is 239 g/mol. The fraction of sp³-hybridized carbons (Fsp3) is 0.222. The number of carbonyl (C=O) groups excluding carboxylic acids is 1. The number of methoxy groups -OCH3 is 1. The lowest BCUT2D eigenvalue weighted by Gasteiger charge is -2.08. The Morgan fingerprint density at radius 1 is 1.62 bits per heavy atom. The van der Waals surface area contributed by atoms with E-state index in [2.05, 4.69) is 15.9 Å². The third kappa shape index (κ3) is 1.72. The number of halogens is 2. The molecule has 0 N–H and O–H groups in total. The number of aldehydes is 1. The van der Waals surface area contributed by atoms with Crippen molar-refractivity contribution < 1.29 is 13.9 Å². The van der Waals surface area contributed by atoms with E-state index in [1.54, 1.807) is 6.92 Å². The van der Waals surface area contributed by atoms with Gasteiger partial charge < -0.3 is 4.74 Å². The van der Waals surface area contributed by atoms with Crippen LogP contribution in [-0.4, -0.2) is 13.4 Å². The molecule has 0 amide bonds. The zero-order chi connectivity index (χ0) is 10.0. The lowest BCUT2D eigenvalue weighted by atomic mass is 10.1. The van der Waals surface area contributed by atoms with Crippen LogP contribution < -0.4 is 4.74 Å². The molecule has 0 radical (unpaired) electrons. The van der Waals surface area contributed by atoms with E-state index < -0.39 is 5.82 Å². The van der Waals surface area contributed by atoms with E-state index in [-0.39, 0.29) is 10.0 Å². The first kappa shape index (κ1) is 10.2. The van der Waals surface area contributed by atoms with Gasteiger partial charge in [0.15, 0.2) is 6.29 Å². The van der Waals surface area contributed by atoms with Crippen LogP contribution in [0.4, 0.5) is 4.39 Å². The SMILES string of the molecule is COc1cc(C=O)c(Br)c(F)c1C. The fourth-order valence-electron chi connectivity index (χ4n) is 1.01. The maximum absolute atomic E-state index is 13.3. The van der Waals surface area contributed by atoms with Crippen LogP contribution in [-0.2, 0) is 0 Å². The first-order valence-corrected chi connectivity index (χ1v) is 4.39. The second-order valence-corrected chi connectivity index (χ2v) is 3.33. The molecule has 1 aromatic carbocycles. The Morgan fingerprint density at radius 3 is 2.69 bits per heavy atom.